The topological polar surface area (TPSA) is 39.2 Å². The third-order valence-corrected chi connectivity index (χ3v) is 4.25. The average molecular weight is 355 g/mol. The van der Waals surface area contributed by atoms with E-state index >= 15 is 0 Å². The standard InChI is InChI=1S/C22H26FNO2/c1-14(2)21-18(7-6-12-25)20(16-8-10-17(23)11-9-16)19(13-26-5)22(24-21)15(3)4/h6-12,14-15H,13H2,1-5H3/b7-6+. The van der Waals surface area contributed by atoms with Gasteiger partial charge in [-0.05, 0) is 47.2 Å². The van der Waals surface area contributed by atoms with Gasteiger partial charge in [-0.3, -0.25) is 9.78 Å². The van der Waals surface area contributed by atoms with Gasteiger partial charge in [0.15, 0.2) is 0 Å². The highest BCUT2D eigenvalue weighted by Gasteiger charge is 2.22. The second-order valence-electron chi connectivity index (χ2n) is 6.89. The first kappa shape index (κ1) is 20.0. The quantitative estimate of drug-likeness (QED) is 0.487. The monoisotopic (exact) mass is 355 g/mol. The van der Waals surface area contributed by atoms with Crippen molar-refractivity contribution >= 4 is 12.4 Å². The number of ether oxygens (including phenoxy) is 1. The number of hydrogen-bond donors (Lipinski definition) is 0. The Hall–Kier alpha value is -2.33. The fraction of sp³-hybridized carbons (Fsp3) is 0.364. The summed E-state index contributed by atoms with van der Waals surface area (Å²) in [7, 11) is 1.65. The van der Waals surface area contributed by atoms with Crippen molar-refractivity contribution in [1.29, 1.82) is 0 Å². The summed E-state index contributed by atoms with van der Waals surface area (Å²) in [6.07, 6.45) is 4.02. The van der Waals surface area contributed by atoms with Crippen LogP contribution in [0.25, 0.3) is 17.2 Å². The molecular formula is C22H26FNO2. The van der Waals surface area contributed by atoms with Crippen molar-refractivity contribution in [2.24, 2.45) is 0 Å². The lowest BCUT2D eigenvalue weighted by molar-refractivity contribution is -0.104. The Balaban J connectivity index is 2.94. The van der Waals surface area contributed by atoms with E-state index in [2.05, 4.69) is 27.7 Å². The largest absolute Gasteiger partial charge is 0.380 e. The van der Waals surface area contributed by atoms with Crippen LogP contribution in [0.5, 0.6) is 0 Å². The van der Waals surface area contributed by atoms with Gasteiger partial charge < -0.3 is 4.74 Å². The van der Waals surface area contributed by atoms with Crippen LogP contribution >= 0.6 is 0 Å². The summed E-state index contributed by atoms with van der Waals surface area (Å²) >= 11 is 0. The Morgan fingerprint density at radius 1 is 1.08 bits per heavy atom. The number of carbonyl (C=O) groups is 1. The van der Waals surface area contributed by atoms with Crippen LogP contribution in [0.2, 0.25) is 0 Å². The second kappa shape index (κ2) is 8.86. The Bertz CT molecular complexity index is 793. The Kier molecular flexibility index (Phi) is 6.81. The second-order valence-corrected chi connectivity index (χ2v) is 6.89. The zero-order valence-corrected chi connectivity index (χ0v) is 16.0. The molecule has 1 aromatic carbocycles. The lowest BCUT2D eigenvalue weighted by atomic mass is 9.87. The number of benzene rings is 1. The molecule has 0 aliphatic rings. The van der Waals surface area contributed by atoms with Crippen molar-refractivity contribution in [2.45, 2.75) is 46.1 Å². The van der Waals surface area contributed by atoms with Gasteiger partial charge in [0.05, 0.1) is 12.3 Å². The normalized spacial score (nSPS) is 11.7. The summed E-state index contributed by atoms with van der Waals surface area (Å²) in [5, 5.41) is 0. The molecule has 0 spiro atoms. The van der Waals surface area contributed by atoms with E-state index in [0.29, 0.717) is 6.61 Å². The van der Waals surface area contributed by atoms with Crippen LogP contribution in [0.3, 0.4) is 0 Å². The number of nitrogens with zero attached hydrogens (tertiary/aromatic N) is 1. The van der Waals surface area contributed by atoms with Crippen LogP contribution in [0, 0.1) is 5.82 Å². The SMILES string of the molecule is COCc1c(C(C)C)nc(C(C)C)c(/C=C/C=O)c1-c1ccc(F)cc1. The maximum atomic E-state index is 13.5. The lowest BCUT2D eigenvalue weighted by Crippen LogP contribution is -2.11. The summed E-state index contributed by atoms with van der Waals surface area (Å²) in [6.45, 7) is 8.75. The maximum absolute atomic E-state index is 13.5. The molecule has 3 nitrogen and oxygen atoms in total. The van der Waals surface area contributed by atoms with E-state index < -0.39 is 0 Å². The molecule has 0 saturated heterocycles. The summed E-state index contributed by atoms with van der Waals surface area (Å²) in [6, 6.07) is 6.42. The molecule has 0 aliphatic heterocycles. The smallest absolute Gasteiger partial charge is 0.142 e. The van der Waals surface area contributed by atoms with Crippen molar-refractivity contribution in [3.8, 4) is 11.1 Å². The first-order valence-electron chi connectivity index (χ1n) is 8.84. The molecule has 0 radical (unpaired) electrons. The minimum atomic E-state index is -0.283. The lowest BCUT2D eigenvalue weighted by Gasteiger charge is -2.23. The van der Waals surface area contributed by atoms with E-state index in [1.807, 2.05) is 0 Å². The summed E-state index contributed by atoms with van der Waals surface area (Å²) in [5.41, 5.74) is 5.59. The average Bonchev–Trinajstić information content (AvgIpc) is 2.60. The number of methoxy groups -OCH3 is 1. The zero-order valence-electron chi connectivity index (χ0n) is 16.0. The Morgan fingerprint density at radius 3 is 2.19 bits per heavy atom. The van der Waals surface area contributed by atoms with Crippen molar-refractivity contribution in [3.05, 3.63) is 58.7 Å². The number of carbonyl (C=O) groups excluding carboxylic acids is 1. The van der Waals surface area contributed by atoms with Crippen molar-refractivity contribution in [1.82, 2.24) is 4.98 Å². The third-order valence-electron chi connectivity index (χ3n) is 4.25. The van der Waals surface area contributed by atoms with Crippen molar-refractivity contribution in [2.75, 3.05) is 7.11 Å². The van der Waals surface area contributed by atoms with Gasteiger partial charge >= 0.3 is 0 Å². The van der Waals surface area contributed by atoms with E-state index in [1.54, 1.807) is 25.3 Å². The molecule has 0 N–H and O–H groups in total. The molecule has 0 atom stereocenters. The third kappa shape index (κ3) is 4.25. The van der Waals surface area contributed by atoms with Gasteiger partial charge in [0.2, 0.25) is 0 Å². The Labute approximate surface area is 154 Å². The molecule has 0 unspecified atom stereocenters. The molecular weight excluding hydrogens is 329 g/mol. The van der Waals surface area contributed by atoms with Gasteiger partial charge in [-0.2, -0.15) is 0 Å². The minimum absolute atomic E-state index is 0.176. The van der Waals surface area contributed by atoms with E-state index in [9.17, 15) is 9.18 Å². The molecule has 1 heterocycles. The molecule has 2 rings (SSSR count). The number of aldehydes is 1. The van der Waals surface area contributed by atoms with E-state index in [4.69, 9.17) is 9.72 Å². The highest BCUT2D eigenvalue weighted by atomic mass is 19.1. The fourth-order valence-electron chi connectivity index (χ4n) is 3.13. The van der Waals surface area contributed by atoms with E-state index in [0.717, 1.165) is 39.9 Å². The van der Waals surface area contributed by atoms with Crippen molar-refractivity contribution < 1.29 is 13.9 Å². The van der Waals surface area contributed by atoms with Crippen LogP contribution in [0.1, 0.15) is 62.0 Å². The summed E-state index contributed by atoms with van der Waals surface area (Å²) < 4.78 is 18.9. The number of halogens is 1. The minimum Gasteiger partial charge on any atom is -0.380 e. The van der Waals surface area contributed by atoms with Gasteiger partial charge in [0.25, 0.3) is 0 Å². The maximum Gasteiger partial charge on any atom is 0.142 e. The predicted molar refractivity (Wildman–Crippen MR) is 104 cm³/mol. The first-order chi connectivity index (χ1) is 12.4. The van der Waals surface area contributed by atoms with Crippen LogP contribution in [0.15, 0.2) is 30.3 Å². The molecule has 0 saturated carbocycles. The van der Waals surface area contributed by atoms with Crippen LogP contribution < -0.4 is 0 Å². The summed E-state index contributed by atoms with van der Waals surface area (Å²) in [5.74, 6) is 0.102. The van der Waals surface area contributed by atoms with Gasteiger partial charge in [0.1, 0.15) is 12.1 Å². The molecule has 138 valence electrons. The predicted octanol–water partition coefficient (Wildman–Crippen LogP) is 5.49. The molecule has 0 aliphatic carbocycles. The van der Waals surface area contributed by atoms with Crippen LogP contribution in [0.4, 0.5) is 4.39 Å². The van der Waals surface area contributed by atoms with Gasteiger partial charge in [-0.15, -0.1) is 0 Å². The van der Waals surface area contributed by atoms with E-state index in [1.165, 1.54) is 18.2 Å². The van der Waals surface area contributed by atoms with Crippen LogP contribution in [-0.4, -0.2) is 18.4 Å². The molecule has 0 bridgehead atoms. The number of pyridine rings is 1. The summed E-state index contributed by atoms with van der Waals surface area (Å²) in [4.78, 5) is 15.9. The van der Waals surface area contributed by atoms with Crippen molar-refractivity contribution in [3.63, 3.8) is 0 Å². The molecule has 0 fully saturated rings. The number of hydrogen-bond acceptors (Lipinski definition) is 3. The van der Waals surface area contributed by atoms with Crippen LogP contribution in [-0.2, 0) is 16.1 Å². The first-order valence-corrected chi connectivity index (χ1v) is 8.84. The number of aromatic nitrogens is 1. The molecule has 1 aromatic heterocycles. The number of rotatable bonds is 7. The Morgan fingerprint density at radius 2 is 1.69 bits per heavy atom. The zero-order chi connectivity index (χ0) is 19.3. The van der Waals surface area contributed by atoms with Gasteiger partial charge in [-0.1, -0.05) is 39.8 Å². The highest BCUT2D eigenvalue weighted by Crippen LogP contribution is 2.37. The van der Waals surface area contributed by atoms with Gasteiger partial charge in [0, 0.05) is 23.9 Å². The highest BCUT2D eigenvalue weighted by molar-refractivity contribution is 5.84. The molecule has 4 heteroatoms. The molecule has 0 amide bonds. The number of allylic oxidation sites excluding steroid dienone is 1. The van der Waals surface area contributed by atoms with Gasteiger partial charge in [-0.25, -0.2) is 4.39 Å². The molecule has 26 heavy (non-hydrogen) atoms. The fourth-order valence-corrected chi connectivity index (χ4v) is 3.13. The molecule has 2 aromatic rings. The van der Waals surface area contributed by atoms with E-state index in [-0.39, 0.29) is 17.7 Å².